The van der Waals surface area contributed by atoms with E-state index in [0.717, 1.165) is 16.8 Å². The van der Waals surface area contributed by atoms with E-state index in [9.17, 15) is 4.79 Å². The third-order valence-corrected chi connectivity index (χ3v) is 3.56. The Hall–Kier alpha value is -3.03. The zero-order valence-corrected chi connectivity index (χ0v) is 14.4. The molecule has 4 heteroatoms. The van der Waals surface area contributed by atoms with Crippen LogP contribution in [-0.2, 0) is 9.53 Å². The third-order valence-electron chi connectivity index (χ3n) is 3.56. The van der Waals surface area contributed by atoms with Gasteiger partial charge in [0.1, 0.15) is 6.04 Å². The zero-order valence-electron chi connectivity index (χ0n) is 14.4. The van der Waals surface area contributed by atoms with E-state index in [2.05, 4.69) is 17.2 Å². The quantitative estimate of drug-likeness (QED) is 0.651. The van der Waals surface area contributed by atoms with Crippen LogP contribution in [0, 0.1) is 11.8 Å². The summed E-state index contributed by atoms with van der Waals surface area (Å²) >= 11 is 0. The summed E-state index contributed by atoms with van der Waals surface area (Å²) in [5, 5.41) is 3.09. The van der Waals surface area contributed by atoms with E-state index in [1.807, 2.05) is 66.7 Å². The van der Waals surface area contributed by atoms with Crippen molar-refractivity contribution in [2.45, 2.75) is 19.0 Å². The number of methoxy groups -OCH3 is 1. The van der Waals surface area contributed by atoms with Crippen LogP contribution in [0.15, 0.2) is 60.7 Å². The van der Waals surface area contributed by atoms with Gasteiger partial charge in [-0.05, 0) is 48.9 Å². The van der Waals surface area contributed by atoms with Gasteiger partial charge in [-0.3, -0.25) is 0 Å². The average molecular weight is 334 g/mol. The molecule has 0 saturated carbocycles. The van der Waals surface area contributed by atoms with Gasteiger partial charge in [0.25, 0.3) is 0 Å². The fourth-order valence-electron chi connectivity index (χ4n) is 2.19. The molecule has 2 rings (SSSR count). The molecule has 0 unspecified atom stereocenters. The highest BCUT2D eigenvalue weighted by atomic mass is 16.5. The molecule has 0 bridgehead atoms. The highest BCUT2D eigenvalue weighted by Crippen LogP contribution is 2.13. The maximum absolute atomic E-state index is 11.7. The normalized spacial score (nSPS) is 12.8. The summed E-state index contributed by atoms with van der Waals surface area (Å²) in [6.45, 7) is 1.76. The number of nitrogens with two attached hydrogens (primary N) is 1. The van der Waals surface area contributed by atoms with E-state index in [1.165, 1.54) is 7.11 Å². The van der Waals surface area contributed by atoms with Crippen LogP contribution < -0.4 is 11.1 Å². The Morgan fingerprint density at radius 2 is 1.84 bits per heavy atom. The highest BCUT2D eigenvalue weighted by Gasteiger charge is 2.22. The summed E-state index contributed by atoms with van der Waals surface area (Å²) in [6, 6.07) is 16.6. The van der Waals surface area contributed by atoms with E-state index in [1.54, 1.807) is 6.92 Å². The molecule has 0 aliphatic heterocycles. The van der Waals surface area contributed by atoms with Crippen LogP contribution in [0.5, 0.6) is 0 Å². The summed E-state index contributed by atoms with van der Waals surface area (Å²) < 4.78 is 4.76. The largest absolute Gasteiger partial charge is 0.467 e. The molecule has 0 radical (unpaired) electrons. The lowest BCUT2D eigenvalue weighted by Gasteiger charge is -2.20. The van der Waals surface area contributed by atoms with Crippen LogP contribution in [0.1, 0.15) is 18.1 Å². The summed E-state index contributed by atoms with van der Waals surface area (Å²) in [5.41, 5.74) is 8.64. The van der Waals surface area contributed by atoms with Crippen molar-refractivity contribution < 1.29 is 9.53 Å². The first-order valence-corrected chi connectivity index (χ1v) is 8.03. The number of benzene rings is 2. The molecule has 0 aliphatic rings. The van der Waals surface area contributed by atoms with Gasteiger partial charge in [0.15, 0.2) is 0 Å². The fraction of sp³-hybridized carbons (Fsp3) is 0.190. The number of hydrogen-bond acceptors (Lipinski definition) is 4. The number of nitrogens with one attached hydrogen (secondary N) is 1. The van der Waals surface area contributed by atoms with Gasteiger partial charge in [0.2, 0.25) is 0 Å². The van der Waals surface area contributed by atoms with Crippen LogP contribution in [0.3, 0.4) is 0 Å². The van der Waals surface area contributed by atoms with E-state index in [4.69, 9.17) is 10.5 Å². The van der Waals surface area contributed by atoms with E-state index >= 15 is 0 Å². The molecular weight excluding hydrogens is 312 g/mol. The Labute approximate surface area is 148 Å². The van der Waals surface area contributed by atoms with Gasteiger partial charge in [0.05, 0.1) is 7.11 Å². The van der Waals surface area contributed by atoms with Crippen LogP contribution in [0.4, 0.5) is 5.69 Å². The number of esters is 1. The highest BCUT2D eigenvalue weighted by molar-refractivity contribution is 5.80. The molecule has 0 spiro atoms. The standard InChI is InChI=1S/C21H22N2O2/c1-16(22)20(21(24)25-2)23-19-14-12-18(13-15-19)11-7-6-10-17-8-4-3-5-9-17/h3-5,7-9,11-16,20,23H,22H2,1-2H3/b11-7+/t16-,20+/m1/s1. The summed E-state index contributed by atoms with van der Waals surface area (Å²) in [5.74, 6) is 5.70. The van der Waals surface area contributed by atoms with Crippen molar-refractivity contribution in [2.75, 3.05) is 12.4 Å². The monoisotopic (exact) mass is 334 g/mol. The van der Waals surface area contributed by atoms with Crippen molar-refractivity contribution in [3.8, 4) is 11.8 Å². The predicted octanol–water partition coefficient (Wildman–Crippen LogP) is 3.05. The Morgan fingerprint density at radius 1 is 1.16 bits per heavy atom. The SMILES string of the molecule is COC(=O)[C@@H](Nc1ccc(/C=C/C#Cc2ccccc2)cc1)[C@@H](C)N. The Balaban J connectivity index is 1.99. The molecule has 0 aliphatic carbocycles. The van der Waals surface area contributed by atoms with Gasteiger partial charge < -0.3 is 15.8 Å². The molecule has 2 atom stereocenters. The minimum absolute atomic E-state index is 0.361. The minimum Gasteiger partial charge on any atom is -0.467 e. The second kappa shape index (κ2) is 9.31. The van der Waals surface area contributed by atoms with Gasteiger partial charge in [-0.15, -0.1) is 0 Å². The Kier molecular flexibility index (Phi) is 6.82. The van der Waals surface area contributed by atoms with E-state index in [0.29, 0.717) is 0 Å². The van der Waals surface area contributed by atoms with Crippen molar-refractivity contribution in [1.82, 2.24) is 0 Å². The van der Waals surface area contributed by atoms with Crippen molar-refractivity contribution >= 4 is 17.7 Å². The second-order valence-corrected chi connectivity index (χ2v) is 5.59. The Bertz CT molecular complexity index is 769. The molecule has 0 aromatic heterocycles. The van der Waals surface area contributed by atoms with Gasteiger partial charge in [-0.2, -0.15) is 0 Å². The predicted molar refractivity (Wildman–Crippen MR) is 102 cm³/mol. The molecule has 0 fully saturated rings. The second-order valence-electron chi connectivity index (χ2n) is 5.59. The van der Waals surface area contributed by atoms with Crippen molar-refractivity contribution in [3.63, 3.8) is 0 Å². The third kappa shape index (κ3) is 5.83. The van der Waals surface area contributed by atoms with Crippen LogP contribution in [-0.4, -0.2) is 25.2 Å². The van der Waals surface area contributed by atoms with Gasteiger partial charge in [-0.1, -0.05) is 42.2 Å². The number of allylic oxidation sites excluding steroid dienone is 1. The minimum atomic E-state index is -0.580. The number of rotatable bonds is 5. The van der Waals surface area contributed by atoms with Crippen molar-refractivity contribution in [3.05, 3.63) is 71.8 Å². The first-order chi connectivity index (χ1) is 12.1. The molecule has 0 saturated heterocycles. The number of carbonyl (C=O) groups is 1. The van der Waals surface area contributed by atoms with Gasteiger partial charge in [0, 0.05) is 17.3 Å². The number of anilines is 1. The maximum Gasteiger partial charge on any atom is 0.329 e. The molecule has 2 aromatic rings. The molecule has 128 valence electrons. The molecule has 3 N–H and O–H groups in total. The molecular formula is C21H22N2O2. The van der Waals surface area contributed by atoms with Crippen LogP contribution >= 0.6 is 0 Å². The fourth-order valence-corrected chi connectivity index (χ4v) is 2.19. The first kappa shape index (κ1) is 18.3. The molecule has 0 amide bonds. The molecule has 25 heavy (non-hydrogen) atoms. The van der Waals surface area contributed by atoms with E-state index in [-0.39, 0.29) is 12.0 Å². The summed E-state index contributed by atoms with van der Waals surface area (Å²) in [4.78, 5) is 11.7. The smallest absolute Gasteiger partial charge is 0.329 e. The first-order valence-electron chi connectivity index (χ1n) is 8.03. The van der Waals surface area contributed by atoms with Crippen LogP contribution in [0.2, 0.25) is 0 Å². The van der Waals surface area contributed by atoms with E-state index < -0.39 is 6.04 Å². The lowest BCUT2D eigenvalue weighted by Crippen LogP contribution is -2.44. The average Bonchev–Trinajstić information content (AvgIpc) is 2.64. The van der Waals surface area contributed by atoms with Crippen LogP contribution in [0.25, 0.3) is 6.08 Å². The topological polar surface area (TPSA) is 64.3 Å². The maximum atomic E-state index is 11.7. The van der Waals surface area contributed by atoms with Gasteiger partial charge >= 0.3 is 5.97 Å². The number of ether oxygens (including phenoxy) is 1. The lowest BCUT2D eigenvalue weighted by molar-refractivity contribution is -0.141. The summed E-state index contributed by atoms with van der Waals surface area (Å²) in [7, 11) is 1.35. The summed E-state index contributed by atoms with van der Waals surface area (Å²) in [6.07, 6.45) is 3.75. The number of carbonyl (C=O) groups excluding carboxylic acids is 1. The Morgan fingerprint density at radius 3 is 2.44 bits per heavy atom. The van der Waals surface area contributed by atoms with Gasteiger partial charge in [-0.25, -0.2) is 4.79 Å². The molecule has 2 aromatic carbocycles. The van der Waals surface area contributed by atoms with Crippen molar-refractivity contribution in [2.24, 2.45) is 5.73 Å². The lowest BCUT2D eigenvalue weighted by atomic mass is 10.1. The molecule has 0 heterocycles. The zero-order chi connectivity index (χ0) is 18.1. The molecule has 4 nitrogen and oxygen atoms in total. The number of hydrogen-bond donors (Lipinski definition) is 2. The van der Waals surface area contributed by atoms with Crippen molar-refractivity contribution in [1.29, 1.82) is 0 Å².